The van der Waals surface area contributed by atoms with Gasteiger partial charge in [-0.2, -0.15) is 0 Å². The molecule has 100 valence electrons. The van der Waals surface area contributed by atoms with Crippen LogP contribution >= 0.6 is 0 Å². The predicted octanol–water partition coefficient (Wildman–Crippen LogP) is 1.31. The zero-order chi connectivity index (χ0) is 12.5. The van der Waals surface area contributed by atoms with Crippen molar-refractivity contribution in [2.24, 2.45) is 5.92 Å². The third kappa shape index (κ3) is 6.03. The molecule has 0 aliphatic heterocycles. The van der Waals surface area contributed by atoms with E-state index in [0.29, 0.717) is 13.2 Å². The van der Waals surface area contributed by atoms with E-state index in [4.69, 9.17) is 4.74 Å². The second-order valence-corrected chi connectivity index (χ2v) is 4.92. The van der Waals surface area contributed by atoms with E-state index >= 15 is 0 Å². The van der Waals surface area contributed by atoms with E-state index in [0.717, 1.165) is 12.5 Å². The van der Waals surface area contributed by atoms with Gasteiger partial charge in [-0.25, -0.2) is 0 Å². The van der Waals surface area contributed by atoms with E-state index in [2.05, 4.69) is 10.6 Å². The maximum Gasteiger partial charge on any atom is 0.236 e. The van der Waals surface area contributed by atoms with Gasteiger partial charge in [-0.3, -0.25) is 4.79 Å². The van der Waals surface area contributed by atoms with Crippen LogP contribution in [-0.4, -0.2) is 38.8 Å². The molecule has 0 saturated heterocycles. The Morgan fingerprint density at radius 1 is 1.35 bits per heavy atom. The van der Waals surface area contributed by atoms with E-state index in [1.165, 1.54) is 32.1 Å². The SMILES string of the molecule is COCCNC(=O)C(C)NCC1CCCCC1. The van der Waals surface area contributed by atoms with Crippen molar-refractivity contribution in [3.63, 3.8) is 0 Å². The Morgan fingerprint density at radius 2 is 2.06 bits per heavy atom. The largest absolute Gasteiger partial charge is 0.383 e. The van der Waals surface area contributed by atoms with Crippen LogP contribution in [0.3, 0.4) is 0 Å². The first kappa shape index (κ1) is 14.5. The lowest BCUT2D eigenvalue weighted by Crippen LogP contribution is -2.44. The lowest BCUT2D eigenvalue weighted by Gasteiger charge is -2.23. The zero-order valence-corrected chi connectivity index (χ0v) is 11.1. The zero-order valence-electron chi connectivity index (χ0n) is 11.1. The van der Waals surface area contributed by atoms with Gasteiger partial charge in [0.05, 0.1) is 12.6 Å². The molecule has 1 saturated carbocycles. The first-order valence-corrected chi connectivity index (χ1v) is 6.74. The van der Waals surface area contributed by atoms with Gasteiger partial charge in [0.15, 0.2) is 0 Å². The van der Waals surface area contributed by atoms with Gasteiger partial charge in [0.1, 0.15) is 0 Å². The molecule has 1 aliphatic rings. The van der Waals surface area contributed by atoms with Crippen molar-refractivity contribution in [1.82, 2.24) is 10.6 Å². The topological polar surface area (TPSA) is 50.4 Å². The fraction of sp³-hybridized carbons (Fsp3) is 0.923. The molecule has 1 rings (SSSR count). The molecule has 2 N–H and O–H groups in total. The van der Waals surface area contributed by atoms with Crippen LogP contribution in [0.5, 0.6) is 0 Å². The molecular formula is C13H26N2O2. The van der Waals surface area contributed by atoms with Crippen molar-refractivity contribution in [3.8, 4) is 0 Å². The summed E-state index contributed by atoms with van der Waals surface area (Å²) in [5.41, 5.74) is 0. The molecule has 0 spiro atoms. The Bertz CT molecular complexity index is 215. The molecule has 1 amide bonds. The molecule has 0 aromatic heterocycles. The average molecular weight is 242 g/mol. The molecule has 0 bridgehead atoms. The highest BCUT2D eigenvalue weighted by Gasteiger charge is 2.16. The third-order valence-electron chi connectivity index (χ3n) is 3.44. The van der Waals surface area contributed by atoms with Crippen LogP contribution in [-0.2, 0) is 9.53 Å². The number of hydrogen-bond donors (Lipinski definition) is 2. The Balaban J connectivity index is 2.10. The van der Waals surface area contributed by atoms with Crippen molar-refractivity contribution in [3.05, 3.63) is 0 Å². The number of nitrogens with one attached hydrogen (secondary N) is 2. The first-order valence-electron chi connectivity index (χ1n) is 6.74. The summed E-state index contributed by atoms with van der Waals surface area (Å²) in [5, 5.41) is 6.17. The predicted molar refractivity (Wildman–Crippen MR) is 68.9 cm³/mol. The van der Waals surface area contributed by atoms with Crippen LogP contribution in [0.2, 0.25) is 0 Å². The van der Waals surface area contributed by atoms with Gasteiger partial charge in [-0.1, -0.05) is 19.3 Å². The van der Waals surface area contributed by atoms with Gasteiger partial charge in [0, 0.05) is 13.7 Å². The fourth-order valence-electron chi connectivity index (χ4n) is 2.26. The second-order valence-electron chi connectivity index (χ2n) is 4.92. The van der Waals surface area contributed by atoms with Crippen molar-refractivity contribution in [2.45, 2.75) is 45.1 Å². The molecule has 1 aliphatic carbocycles. The van der Waals surface area contributed by atoms with Gasteiger partial charge in [0.2, 0.25) is 5.91 Å². The summed E-state index contributed by atoms with van der Waals surface area (Å²) < 4.78 is 4.89. The number of amides is 1. The summed E-state index contributed by atoms with van der Waals surface area (Å²) in [4.78, 5) is 11.7. The van der Waals surface area contributed by atoms with E-state index in [1.807, 2.05) is 6.92 Å². The standard InChI is InChI=1S/C13H26N2O2/c1-11(13(16)14-8-9-17-2)15-10-12-6-4-3-5-7-12/h11-12,15H,3-10H2,1-2H3,(H,14,16). The highest BCUT2D eigenvalue weighted by atomic mass is 16.5. The molecule has 4 heteroatoms. The third-order valence-corrected chi connectivity index (χ3v) is 3.44. The highest BCUT2D eigenvalue weighted by molar-refractivity contribution is 5.81. The molecule has 17 heavy (non-hydrogen) atoms. The molecule has 0 heterocycles. The van der Waals surface area contributed by atoms with Gasteiger partial charge >= 0.3 is 0 Å². The first-order chi connectivity index (χ1) is 8.24. The van der Waals surface area contributed by atoms with Crippen molar-refractivity contribution < 1.29 is 9.53 Å². The molecule has 1 fully saturated rings. The van der Waals surface area contributed by atoms with E-state index < -0.39 is 0 Å². The van der Waals surface area contributed by atoms with E-state index in [-0.39, 0.29) is 11.9 Å². The minimum absolute atomic E-state index is 0.0675. The highest BCUT2D eigenvalue weighted by Crippen LogP contribution is 2.22. The number of carbonyl (C=O) groups excluding carboxylic acids is 1. The minimum atomic E-state index is -0.103. The van der Waals surface area contributed by atoms with Crippen LogP contribution in [0.1, 0.15) is 39.0 Å². The van der Waals surface area contributed by atoms with Gasteiger partial charge in [-0.05, 0) is 32.2 Å². The number of methoxy groups -OCH3 is 1. The summed E-state index contributed by atoms with van der Waals surface area (Å²) in [6.45, 7) is 4.05. The molecule has 0 radical (unpaired) electrons. The van der Waals surface area contributed by atoms with Gasteiger partial charge in [-0.15, -0.1) is 0 Å². The maximum atomic E-state index is 11.7. The normalized spacial score (nSPS) is 18.9. The second kappa shape index (κ2) is 8.48. The lowest BCUT2D eigenvalue weighted by atomic mass is 9.89. The van der Waals surface area contributed by atoms with E-state index in [1.54, 1.807) is 7.11 Å². The van der Waals surface area contributed by atoms with Crippen molar-refractivity contribution >= 4 is 5.91 Å². The summed E-state index contributed by atoms with van der Waals surface area (Å²) in [6.07, 6.45) is 6.70. The summed E-state index contributed by atoms with van der Waals surface area (Å²) in [6, 6.07) is -0.103. The van der Waals surface area contributed by atoms with Crippen molar-refractivity contribution in [2.75, 3.05) is 26.8 Å². The Hall–Kier alpha value is -0.610. The quantitative estimate of drug-likeness (QED) is 0.662. The Labute approximate surface area is 104 Å². The number of rotatable bonds is 7. The van der Waals surface area contributed by atoms with Crippen LogP contribution < -0.4 is 10.6 Å². The van der Waals surface area contributed by atoms with Crippen LogP contribution in [0.15, 0.2) is 0 Å². The molecule has 1 unspecified atom stereocenters. The van der Waals surface area contributed by atoms with Crippen LogP contribution in [0.25, 0.3) is 0 Å². The Kier molecular flexibility index (Phi) is 7.21. The van der Waals surface area contributed by atoms with Crippen LogP contribution in [0, 0.1) is 5.92 Å². The number of carbonyl (C=O) groups is 1. The summed E-state index contributed by atoms with van der Waals surface area (Å²) >= 11 is 0. The Morgan fingerprint density at radius 3 is 2.71 bits per heavy atom. The molecule has 1 atom stereocenters. The van der Waals surface area contributed by atoms with Crippen LogP contribution in [0.4, 0.5) is 0 Å². The number of hydrogen-bond acceptors (Lipinski definition) is 3. The summed E-state index contributed by atoms with van der Waals surface area (Å²) in [7, 11) is 1.64. The summed E-state index contributed by atoms with van der Waals surface area (Å²) in [5.74, 6) is 0.829. The van der Waals surface area contributed by atoms with Gasteiger partial charge in [0.25, 0.3) is 0 Å². The fourth-order valence-corrected chi connectivity index (χ4v) is 2.26. The molecule has 0 aromatic rings. The minimum Gasteiger partial charge on any atom is -0.383 e. The monoisotopic (exact) mass is 242 g/mol. The van der Waals surface area contributed by atoms with E-state index in [9.17, 15) is 4.79 Å². The number of ether oxygens (including phenoxy) is 1. The lowest BCUT2D eigenvalue weighted by molar-refractivity contribution is -0.123. The van der Waals surface area contributed by atoms with Gasteiger partial charge < -0.3 is 15.4 Å². The smallest absolute Gasteiger partial charge is 0.236 e. The van der Waals surface area contributed by atoms with Crippen molar-refractivity contribution in [1.29, 1.82) is 0 Å². The average Bonchev–Trinajstić information content (AvgIpc) is 2.37. The molecular weight excluding hydrogens is 216 g/mol. The molecule has 4 nitrogen and oxygen atoms in total. The molecule has 0 aromatic carbocycles. The maximum absolute atomic E-state index is 11.7.